The number of benzene rings is 1. The Labute approximate surface area is 122 Å². The highest BCUT2D eigenvalue weighted by Crippen LogP contribution is 2.34. The highest BCUT2D eigenvalue weighted by molar-refractivity contribution is 5.55. The average molecular weight is 297 g/mol. The number of alkyl halides is 3. The first-order valence-corrected chi connectivity index (χ1v) is 7.02. The minimum atomic E-state index is -4.49. The lowest BCUT2D eigenvalue weighted by molar-refractivity contribution is -0.137. The quantitative estimate of drug-likeness (QED) is 0.932. The first-order chi connectivity index (χ1) is 9.95. The molecule has 1 aromatic carbocycles. The molecule has 2 rings (SSSR count). The Hall–Kier alpha value is -1.74. The molecule has 0 atom stereocenters. The predicted octanol–water partition coefficient (Wildman–Crippen LogP) is 3.14. The van der Waals surface area contributed by atoms with Gasteiger partial charge in [-0.3, -0.25) is 0 Å². The van der Waals surface area contributed by atoms with E-state index < -0.39 is 11.7 Å². The van der Waals surface area contributed by atoms with Crippen molar-refractivity contribution in [3.63, 3.8) is 0 Å². The smallest absolute Gasteiger partial charge is 0.371 e. The fourth-order valence-corrected chi connectivity index (χ4v) is 2.78. The van der Waals surface area contributed by atoms with Crippen molar-refractivity contribution in [2.75, 3.05) is 24.5 Å². The molecule has 1 heterocycles. The van der Waals surface area contributed by atoms with Gasteiger partial charge in [-0.05, 0) is 49.9 Å². The van der Waals surface area contributed by atoms with Gasteiger partial charge in [0.2, 0.25) is 0 Å². The summed E-state index contributed by atoms with van der Waals surface area (Å²) in [6.07, 6.45) is -1.53. The number of halogens is 3. The summed E-state index contributed by atoms with van der Waals surface area (Å²) >= 11 is 0. The average Bonchev–Trinajstić information content (AvgIpc) is 2.47. The summed E-state index contributed by atoms with van der Waals surface area (Å²) in [5.41, 5.74) is 5.05. The second-order valence-corrected chi connectivity index (χ2v) is 5.35. The van der Waals surface area contributed by atoms with Crippen LogP contribution in [0.25, 0.3) is 0 Å². The van der Waals surface area contributed by atoms with Crippen LogP contribution < -0.4 is 10.6 Å². The number of rotatable bonds is 3. The third-order valence-electron chi connectivity index (χ3n) is 3.98. The van der Waals surface area contributed by atoms with E-state index in [4.69, 9.17) is 11.0 Å². The molecule has 114 valence electrons. The van der Waals surface area contributed by atoms with Crippen LogP contribution in [-0.4, -0.2) is 19.6 Å². The van der Waals surface area contributed by atoms with Gasteiger partial charge in [-0.25, -0.2) is 0 Å². The minimum Gasteiger partial charge on any atom is -0.371 e. The highest BCUT2D eigenvalue weighted by atomic mass is 19.4. The molecule has 1 aliphatic rings. The van der Waals surface area contributed by atoms with Gasteiger partial charge in [-0.2, -0.15) is 18.4 Å². The van der Waals surface area contributed by atoms with Crippen molar-refractivity contribution in [3.8, 4) is 6.07 Å². The molecule has 0 radical (unpaired) electrons. The standard InChI is InChI=1S/C15H18F3N3/c16-15(17,18)14-2-1-13(9-12(14)10-20)21-7-4-11(3-6-19)5-8-21/h1-2,9,11H,3-8,19H2. The van der Waals surface area contributed by atoms with Gasteiger partial charge in [0.1, 0.15) is 0 Å². The maximum Gasteiger partial charge on any atom is 0.417 e. The van der Waals surface area contributed by atoms with Crippen LogP contribution >= 0.6 is 0 Å². The lowest BCUT2D eigenvalue weighted by atomic mass is 9.93. The van der Waals surface area contributed by atoms with Crippen LogP contribution in [-0.2, 0) is 6.18 Å². The zero-order chi connectivity index (χ0) is 15.5. The largest absolute Gasteiger partial charge is 0.417 e. The monoisotopic (exact) mass is 297 g/mol. The van der Waals surface area contributed by atoms with Gasteiger partial charge in [0, 0.05) is 18.8 Å². The molecule has 0 spiro atoms. The number of piperidine rings is 1. The number of nitrogens with zero attached hydrogens (tertiary/aromatic N) is 2. The fourth-order valence-electron chi connectivity index (χ4n) is 2.78. The molecule has 1 fully saturated rings. The molecule has 1 aromatic rings. The van der Waals surface area contributed by atoms with E-state index in [1.54, 1.807) is 6.07 Å². The molecule has 21 heavy (non-hydrogen) atoms. The maximum absolute atomic E-state index is 12.8. The highest BCUT2D eigenvalue weighted by Gasteiger charge is 2.34. The summed E-state index contributed by atoms with van der Waals surface area (Å²) in [5.74, 6) is 0.594. The number of anilines is 1. The van der Waals surface area contributed by atoms with Crippen LogP contribution in [0.4, 0.5) is 18.9 Å². The lowest BCUT2D eigenvalue weighted by Gasteiger charge is -2.33. The van der Waals surface area contributed by atoms with E-state index in [0.29, 0.717) is 18.2 Å². The molecule has 0 amide bonds. The molecule has 3 nitrogen and oxygen atoms in total. The zero-order valence-electron chi connectivity index (χ0n) is 11.7. The van der Waals surface area contributed by atoms with Crippen LogP contribution in [0.1, 0.15) is 30.4 Å². The molecule has 0 aliphatic carbocycles. The number of nitrogens with two attached hydrogens (primary N) is 1. The molecule has 1 aliphatic heterocycles. The molecule has 0 unspecified atom stereocenters. The Morgan fingerprint density at radius 1 is 1.29 bits per heavy atom. The lowest BCUT2D eigenvalue weighted by Crippen LogP contribution is -2.34. The number of nitriles is 1. The predicted molar refractivity (Wildman–Crippen MR) is 74.8 cm³/mol. The van der Waals surface area contributed by atoms with Gasteiger partial charge in [0.25, 0.3) is 0 Å². The van der Waals surface area contributed by atoms with Crippen molar-refractivity contribution in [1.29, 1.82) is 5.26 Å². The van der Waals surface area contributed by atoms with E-state index in [1.165, 1.54) is 12.1 Å². The Morgan fingerprint density at radius 2 is 1.95 bits per heavy atom. The number of hydrogen-bond acceptors (Lipinski definition) is 3. The third kappa shape index (κ3) is 3.67. The van der Waals surface area contributed by atoms with Crippen molar-refractivity contribution in [3.05, 3.63) is 29.3 Å². The molecule has 1 saturated heterocycles. The van der Waals surface area contributed by atoms with Gasteiger partial charge in [0.15, 0.2) is 0 Å². The second kappa shape index (κ2) is 6.35. The molecule has 2 N–H and O–H groups in total. The van der Waals surface area contributed by atoms with Crippen molar-refractivity contribution in [2.45, 2.75) is 25.4 Å². The number of hydrogen-bond donors (Lipinski definition) is 1. The Balaban J connectivity index is 2.14. The van der Waals surface area contributed by atoms with Crippen molar-refractivity contribution in [2.24, 2.45) is 11.7 Å². The Kier molecular flexibility index (Phi) is 4.73. The molecule has 6 heteroatoms. The van der Waals surface area contributed by atoms with Crippen LogP contribution in [0.5, 0.6) is 0 Å². The van der Waals surface area contributed by atoms with Crippen LogP contribution in [0.15, 0.2) is 18.2 Å². The van der Waals surface area contributed by atoms with Gasteiger partial charge in [-0.1, -0.05) is 0 Å². The first kappa shape index (κ1) is 15.6. The summed E-state index contributed by atoms with van der Waals surface area (Å²) in [4.78, 5) is 2.04. The van der Waals surface area contributed by atoms with E-state index in [2.05, 4.69) is 0 Å². The maximum atomic E-state index is 12.8. The van der Waals surface area contributed by atoms with E-state index in [0.717, 1.165) is 38.4 Å². The zero-order valence-corrected chi connectivity index (χ0v) is 11.7. The van der Waals surface area contributed by atoms with Gasteiger partial charge < -0.3 is 10.6 Å². The van der Waals surface area contributed by atoms with Crippen molar-refractivity contribution < 1.29 is 13.2 Å². The normalized spacial score (nSPS) is 16.8. The van der Waals surface area contributed by atoms with Gasteiger partial charge >= 0.3 is 6.18 Å². The van der Waals surface area contributed by atoms with Crippen LogP contribution in [0.2, 0.25) is 0 Å². The van der Waals surface area contributed by atoms with Gasteiger partial charge in [0.05, 0.1) is 17.2 Å². The Morgan fingerprint density at radius 3 is 2.48 bits per heavy atom. The topological polar surface area (TPSA) is 53.0 Å². The Bertz CT molecular complexity index is 526. The van der Waals surface area contributed by atoms with Crippen molar-refractivity contribution in [1.82, 2.24) is 0 Å². The molecular formula is C15H18F3N3. The fraction of sp³-hybridized carbons (Fsp3) is 0.533. The van der Waals surface area contributed by atoms with Crippen LogP contribution in [0.3, 0.4) is 0 Å². The summed E-state index contributed by atoms with van der Waals surface area (Å²) < 4.78 is 38.3. The van der Waals surface area contributed by atoms with E-state index in [9.17, 15) is 13.2 Å². The minimum absolute atomic E-state index is 0.316. The van der Waals surface area contributed by atoms with E-state index in [1.807, 2.05) is 4.90 Å². The molecular weight excluding hydrogens is 279 g/mol. The summed E-state index contributed by atoms with van der Waals surface area (Å²) in [6, 6.07) is 5.44. The molecule has 0 aromatic heterocycles. The molecule has 0 bridgehead atoms. The van der Waals surface area contributed by atoms with Gasteiger partial charge in [-0.15, -0.1) is 0 Å². The van der Waals surface area contributed by atoms with E-state index in [-0.39, 0.29) is 5.56 Å². The van der Waals surface area contributed by atoms with Crippen molar-refractivity contribution >= 4 is 5.69 Å². The SMILES string of the molecule is N#Cc1cc(N2CCC(CCN)CC2)ccc1C(F)(F)F. The second-order valence-electron chi connectivity index (χ2n) is 5.35. The molecule has 0 saturated carbocycles. The third-order valence-corrected chi connectivity index (χ3v) is 3.98. The van der Waals surface area contributed by atoms with E-state index >= 15 is 0 Å². The summed E-state index contributed by atoms with van der Waals surface area (Å²) in [7, 11) is 0. The summed E-state index contributed by atoms with van der Waals surface area (Å²) in [6.45, 7) is 2.26. The summed E-state index contributed by atoms with van der Waals surface area (Å²) in [5, 5.41) is 8.93. The van der Waals surface area contributed by atoms with Crippen LogP contribution in [0, 0.1) is 17.2 Å². The first-order valence-electron chi connectivity index (χ1n) is 7.02.